The molecule has 3 aromatic carbocycles. The van der Waals surface area contributed by atoms with Crippen molar-refractivity contribution in [2.75, 3.05) is 18.7 Å². The number of amides is 1. The van der Waals surface area contributed by atoms with Gasteiger partial charge in [-0.1, -0.05) is 65.8 Å². The van der Waals surface area contributed by atoms with Gasteiger partial charge in [-0.15, -0.1) is 0 Å². The van der Waals surface area contributed by atoms with Crippen molar-refractivity contribution in [1.29, 1.82) is 0 Å². The van der Waals surface area contributed by atoms with E-state index >= 15 is 0 Å². The molecular formula is C25H27N3O4S. The third kappa shape index (κ3) is 7.76. The summed E-state index contributed by atoms with van der Waals surface area (Å²) < 4.78 is 24.2. The third-order valence-electron chi connectivity index (χ3n) is 4.82. The lowest BCUT2D eigenvalue weighted by Gasteiger charge is -2.11. The van der Waals surface area contributed by atoms with Crippen LogP contribution in [-0.2, 0) is 32.6 Å². The Kier molecular flexibility index (Phi) is 8.21. The van der Waals surface area contributed by atoms with Gasteiger partial charge in [0.15, 0.2) is 0 Å². The Hall–Kier alpha value is -3.65. The summed E-state index contributed by atoms with van der Waals surface area (Å²) in [5, 5.41) is 7.61. The van der Waals surface area contributed by atoms with Gasteiger partial charge in [0.05, 0.1) is 6.26 Å². The number of aryl methyl sites for hydroxylation is 1. The van der Waals surface area contributed by atoms with Crippen LogP contribution >= 0.6 is 0 Å². The molecule has 0 aliphatic heterocycles. The van der Waals surface area contributed by atoms with Crippen molar-refractivity contribution < 1.29 is 18.0 Å². The topological polar surface area (TPSA) is 96.9 Å². The molecule has 172 valence electrons. The highest BCUT2D eigenvalue weighted by atomic mass is 32.2. The fraction of sp³-hybridized carbons (Fsp3) is 0.200. The quantitative estimate of drug-likeness (QED) is 0.352. The molecular weight excluding hydrogens is 438 g/mol. The maximum atomic E-state index is 11.6. The maximum Gasteiger partial charge on any atom is 0.233 e. The van der Waals surface area contributed by atoms with E-state index in [9.17, 15) is 13.2 Å². The molecule has 3 aromatic rings. The lowest BCUT2D eigenvalue weighted by atomic mass is 10.0. The van der Waals surface area contributed by atoms with Crippen molar-refractivity contribution >= 4 is 27.3 Å². The fourth-order valence-corrected chi connectivity index (χ4v) is 3.81. The van der Waals surface area contributed by atoms with Gasteiger partial charge in [-0.2, -0.15) is 0 Å². The first-order valence-corrected chi connectivity index (χ1v) is 12.3. The highest BCUT2D eigenvalue weighted by Gasteiger charge is 2.10. The molecule has 8 heteroatoms. The minimum Gasteiger partial charge on any atom is -0.399 e. The molecule has 1 amide bonds. The van der Waals surface area contributed by atoms with Gasteiger partial charge in [-0.25, -0.2) is 8.42 Å². The first kappa shape index (κ1) is 24.0. The summed E-state index contributed by atoms with van der Waals surface area (Å²) in [6.45, 7) is 0.624. The summed E-state index contributed by atoms with van der Waals surface area (Å²) >= 11 is 0. The Balaban J connectivity index is 1.60. The lowest BCUT2D eigenvalue weighted by molar-refractivity contribution is -0.119. The normalized spacial score (nSPS) is 11.6. The molecule has 0 unspecified atom stereocenters. The van der Waals surface area contributed by atoms with Gasteiger partial charge in [-0.05, 0) is 35.7 Å². The van der Waals surface area contributed by atoms with Crippen molar-refractivity contribution in [1.82, 2.24) is 4.72 Å². The van der Waals surface area contributed by atoms with Crippen molar-refractivity contribution in [2.24, 2.45) is 5.16 Å². The third-order valence-corrected chi connectivity index (χ3v) is 5.42. The number of benzene rings is 3. The standard InChI is InChI=1S/C25H27N3O4S/c1-32-27-25(21-8-4-3-5-9-21)22-10-6-7-20(17-22)18-26-23-14-11-19(12-15-23)13-16-24(29)28-33(2,30)31/h3-12,14-15,17,26H,13,16,18H2,1-2H3,(H,28,29)/b27-25-. The number of nitrogens with zero attached hydrogens (tertiary/aromatic N) is 1. The SMILES string of the molecule is CO/N=C(/c1ccccc1)c1cccc(CNc2ccc(CCC(=O)NS(C)(=O)=O)cc2)c1. The summed E-state index contributed by atoms with van der Waals surface area (Å²) in [4.78, 5) is 16.7. The number of sulfonamides is 1. The minimum absolute atomic E-state index is 0.111. The second kappa shape index (κ2) is 11.3. The largest absolute Gasteiger partial charge is 0.399 e. The van der Waals surface area contributed by atoms with Crippen LogP contribution in [0.2, 0.25) is 0 Å². The van der Waals surface area contributed by atoms with Gasteiger partial charge in [0.1, 0.15) is 12.8 Å². The van der Waals surface area contributed by atoms with Crippen molar-refractivity contribution in [3.63, 3.8) is 0 Å². The van der Waals surface area contributed by atoms with Crippen LogP contribution in [0.15, 0.2) is 84.0 Å². The lowest BCUT2D eigenvalue weighted by Crippen LogP contribution is -2.29. The fourth-order valence-electron chi connectivity index (χ4n) is 3.30. The average molecular weight is 466 g/mol. The number of nitrogens with one attached hydrogen (secondary N) is 2. The van der Waals surface area contributed by atoms with E-state index in [0.717, 1.165) is 39.9 Å². The zero-order valence-electron chi connectivity index (χ0n) is 18.6. The Bertz CT molecular complexity index is 1210. The summed E-state index contributed by atoms with van der Waals surface area (Å²) in [6, 6.07) is 25.7. The van der Waals surface area contributed by atoms with Crippen LogP contribution in [0.1, 0.15) is 28.7 Å². The van der Waals surface area contributed by atoms with E-state index in [1.54, 1.807) is 0 Å². The van der Waals surface area contributed by atoms with E-state index in [4.69, 9.17) is 4.84 Å². The predicted molar refractivity (Wildman–Crippen MR) is 131 cm³/mol. The van der Waals surface area contributed by atoms with Crippen molar-refractivity contribution in [3.8, 4) is 0 Å². The monoisotopic (exact) mass is 465 g/mol. The van der Waals surface area contributed by atoms with Gasteiger partial charge in [-0.3, -0.25) is 9.52 Å². The average Bonchev–Trinajstić information content (AvgIpc) is 2.80. The molecule has 0 saturated heterocycles. The van der Waals surface area contributed by atoms with Gasteiger partial charge >= 0.3 is 0 Å². The summed E-state index contributed by atoms with van der Waals surface area (Å²) in [6.07, 6.45) is 1.54. The van der Waals surface area contributed by atoms with Crippen molar-refractivity contribution in [3.05, 3.63) is 101 Å². The number of rotatable bonds is 10. The zero-order chi connectivity index (χ0) is 23.7. The van der Waals surface area contributed by atoms with Gasteiger partial charge in [0.25, 0.3) is 0 Å². The highest BCUT2D eigenvalue weighted by Crippen LogP contribution is 2.16. The first-order chi connectivity index (χ1) is 15.8. The molecule has 0 heterocycles. The molecule has 0 atom stereocenters. The van der Waals surface area contributed by atoms with Crippen LogP contribution in [0.4, 0.5) is 5.69 Å². The molecule has 0 fully saturated rings. The molecule has 7 nitrogen and oxygen atoms in total. The number of hydrogen-bond acceptors (Lipinski definition) is 6. The van der Waals surface area contributed by atoms with Crippen molar-refractivity contribution in [2.45, 2.75) is 19.4 Å². The van der Waals surface area contributed by atoms with Crippen LogP contribution in [-0.4, -0.2) is 33.4 Å². The number of carbonyl (C=O) groups is 1. The number of anilines is 1. The van der Waals surface area contributed by atoms with E-state index in [1.807, 2.05) is 77.5 Å². The Labute approximate surface area is 194 Å². The van der Waals surface area contributed by atoms with E-state index < -0.39 is 15.9 Å². The number of hydrogen-bond donors (Lipinski definition) is 2. The van der Waals surface area contributed by atoms with Crippen LogP contribution in [0, 0.1) is 0 Å². The van der Waals surface area contributed by atoms with Gasteiger partial charge in [0.2, 0.25) is 15.9 Å². The maximum absolute atomic E-state index is 11.6. The van der Waals surface area contributed by atoms with Gasteiger partial charge in [0, 0.05) is 29.8 Å². The second-order valence-corrected chi connectivity index (χ2v) is 9.29. The molecule has 3 rings (SSSR count). The molecule has 0 bridgehead atoms. The van der Waals surface area contributed by atoms with Crippen LogP contribution < -0.4 is 10.0 Å². The molecule has 0 radical (unpaired) electrons. The van der Waals surface area contributed by atoms with Crippen LogP contribution in [0.25, 0.3) is 0 Å². The van der Waals surface area contributed by atoms with E-state index in [1.165, 1.54) is 7.11 Å². The van der Waals surface area contributed by atoms with Crippen LogP contribution in [0.5, 0.6) is 0 Å². The second-order valence-electron chi connectivity index (χ2n) is 7.54. The molecule has 0 aliphatic rings. The summed E-state index contributed by atoms with van der Waals surface area (Å²) in [5.74, 6) is -0.508. The van der Waals surface area contributed by atoms with Gasteiger partial charge < -0.3 is 10.2 Å². The zero-order valence-corrected chi connectivity index (χ0v) is 19.4. The molecule has 0 aliphatic carbocycles. The molecule has 0 spiro atoms. The number of carbonyl (C=O) groups excluding carboxylic acids is 1. The summed E-state index contributed by atoms with van der Waals surface area (Å²) in [5.41, 5.74) is 5.70. The molecule has 2 N–H and O–H groups in total. The summed E-state index contributed by atoms with van der Waals surface area (Å²) in [7, 11) is -1.98. The first-order valence-electron chi connectivity index (χ1n) is 10.4. The van der Waals surface area contributed by atoms with E-state index in [-0.39, 0.29) is 6.42 Å². The minimum atomic E-state index is -3.52. The smallest absolute Gasteiger partial charge is 0.233 e. The number of oxime groups is 1. The van der Waals surface area contributed by atoms with E-state index in [0.29, 0.717) is 13.0 Å². The Morgan fingerprint density at radius 1 is 0.909 bits per heavy atom. The van der Waals surface area contributed by atoms with Crippen LogP contribution in [0.3, 0.4) is 0 Å². The predicted octanol–water partition coefficient (Wildman–Crippen LogP) is 3.71. The molecule has 0 aromatic heterocycles. The highest BCUT2D eigenvalue weighted by molar-refractivity contribution is 7.89. The molecule has 33 heavy (non-hydrogen) atoms. The van der Waals surface area contributed by atoms with E-state index in [2.05, 4.69) is 16.5 Å². The molecule has 0 saturated carbocycles. The Morgan fingerprint density at radius 3 is 2.27 bits per heavy atom. The Morgan fingerprint density at radius 2 is 1.61 bits per heavy atom.